The van der Waals surface area contributed by atoms with Crippen LogP contribution < -0.4 is 0 Å². The second-order valence-corrected chi connectivity index (χ2v) is 12.9. The van der Waals surface area contributed by atoms with Crippen molar-refractivity contribution in [2.24, 2.45) is 0 Å². The van der Waals surface area contributed by atoms with Gasteiger partial charge in [-0.05, 0) is 17.7 Å². The van der Waals surface area contributed by atoms with Crippen molar-refractivity contribution in [1.82, 2.24) is 0 Å². The van der Waals surface area contributed by atoms with Gasteiger partial charge in [0.1, 0.15) is 6.26 Å². The topological polar surface area (TPSA) is 72.8 Å². The van der Waals surface area contributed by atoms with Crippen molar-refractivity contribution in [2.45, 2.75) is 37.4 Å². The third kappa shape index (κ3) is 4.40. The molecule has 142 valence electrons. The lowest BCUT2D eigenvalue weighted by Crippen LogP contribution is -2.47. The number of ether oxygens (including phenoxy) is 1. The number of aliphatic hydroxyl groups excluding tert-OH is 1. The Morgan fingerprint density at radius 3 is 2.19 bits per heavy atom. The van der Waals surface area contributed by atoms with Gasteiger partial charge in [0.05, 0.1) is 44.3 Å². The van der Waals surface area contributed by atoms with E-state index in [1.54, 1.807) is 12.1 Å². The maximum Gasteiger partial charge on any atom is 0.341 e. The Bertz CT molecular complexity index is 835. The van der Waals surface area contributed by atoms with E-state index in [1.807, 2.05) is 30.3 Å². The van der Waals surface area contributed by atoms with Gasteiger partial charge < -0.3 is 18.7 Å². The monoisotopic (exact) mass is 384 g/mol. The molecule has 1 N–H and O–H groups in total. The van der Waals surface area contributed by atoms with E-state index in [0.29, 0.717) is 11.1 Å². The minimum absolute atomic E-state index is 0.364. The fourth-order valence-corrected chi connectivity index (χ4v) is 5.11. The molecule has 0 aliphatic carbocycles. The molecule has 3 aromatic rings. The number of carbonyl (C=O) groups excluding carboxylic acids is 1. The lowest BCUT2D eigenvalue weighted by molar-refractivity contribution is 0.0230. The molecule has 0 bridgehead atoms. The number of benzene rings is 1. The van der Waals surface area contributed by atoms with Crippen LogP contribution in [0.5, 0.6) is 0 Å². The normalized spacial score (nSPS) is 15.1. The number of furan rings is 2. The van der Waals surface area contributed by atoms with Crippen LogP contribution in [0.15, 0.2) is 76.4 Å². The van der Waals surface area contributed by atoms with Gasteiger partial charge in [-0.3, -0.25) is 0 Å². The molecule has 3 rings (SSSR count). The maximum atomic E-state index is 12.6. The molecule has 6 heteroatoms. The van der Waals surface area contributed by atoms with Gasteiger partial charge in [-0.1, -0.05) is 50.0 Å². The van der Waals surface area contributed by atoms with Crippen LogP contribution in [0, 0.1) is 0 Å². The van der Waals surface area contributed by atoms with Crippen molar-refractivity contribution < 1.29 is 23.5 Å². The Hall–Kier alpha value is -2.57. The molecule has 0 aliphatic heterocycles. The zero-order chi connectivity index (χ0) is 19.4. The van der Waals surface area contributed by atoms with Crippen LogP contribution in [0.1, 0.15) is 33.5 Å². The molecule has 0 fully saturated rings. The summed E-state index contributed by atoms with van der Waals surface area (Å²) in [6.07, 6.45) is 5.00. The van der Waals surface area contributed by atoms with Crippen molar-refractivity contribution in [1.29, 1.82) is 0 Å². The molecule has 0 amide bonds. The molecule has 2 heterocycles. The van der Waals surface area contributed by atoms with Gasteiger partial charge in [-0.2, -0.15) is 0 Å². The summed E-state index contributed by atoms with van der Waals surface area (Å²) in [5, 5.41) is 11.2. The smallest absolute Gasteiger partial charge is 0.341 e. The molecule has 27 heavy (non-hydrogen) atoms. The van der Waals surface area contributed by atoms with Gasteiger partial charge in [0.15, 0.2) is 0 Å². The zero-order valence-corrected chi connectivity index (χ0v) is 16.7. The summed E-state index contributed by atoms with van der Waals surface area (Å²) in [6, 6.07) is 13.0. The Morgan fingerprint density at radius 2 is 1.63 bits per heavy atom. The van der Waals surface area contributed by atoms with Crippen LogP contribution in [0.2, 0.25) is 19.6 Å². The van der Waals surface area contributed by atoms with Crippen molar-refractivity contribution >= 4 is 14.0 Å². The lowest BCUT2D eigenvalue weighted by Gasteiger charge is -2.37. The minimum atomic E-state index is -2.05. The molecule has 0 aliphatic rings. The molecular weight excluding hydrogens is 360 g/mol. The Morgan fingerprint density at radius 1 is 0.963 bits per heavy atom. The van der Waals surface area contributed by atoms with Crippen LogP contribution in [0.4, 0.5) is 0 Å². The first kappa shape index (κ1) is 19.2. The minimum Gasteiger partial charge on any atom is -0.472 e. The Kier molecular flexibility index (Phi) is 5.67. The summed E-state index contributed by atoms with van der Waals surface area (Å²) in [5.41, 5.74) is 1.49. The highest BCUT2D eigenvalue weighted by atomic mass is 28.3. The van der Waals surface area contributed by atoms with E-state index in [0.717, 1.165) is 5.56 Å². The third-order valence-electron chi connectivity index (χ3n) is 4.58. The second-order valence-electron chi connectivity index (χ2n) is 7.64. The molecule has 1 aromatic carbocycles. The number of rotatable bonds is 7. The summed E-state index contributed by atoms with van der Waals surface area (Å²) in [5.74, 6) is -0.859. The predicted molar refractivity (Wildman–Crippen MR) is 104 cm³/mol. The molecule has 0 saturated carbocycles. The first-order valence-electron chi connectivity index (χ1n) is 8.86. The van der Waals surface area contributed by atoms with E-state index < -0.39 is 31.8 Å². The van der Waals surface area contributed by atoms with Gasteiger partial charge >= 0.3 is 5.97 Å². The quantitative estimate of drug-likeness (QED) is 0.468. The van der Waals surface area contributed by atoms with Gasteiger partial charge in [-0.15, -0.1) is 0 Å². The molecule has 0 radical (unpaired) electrons. The molecule has 0 saturated heterocycles. The van der Waals surface area contributed by atoms with Crippen molar-refractivity contribution in [3.8, 4) is 0 Å². The molecule has 2 aromatic heterocycles. The zero-order valence-electron chi connectivity index (χ0n) is 15.7. The summed E-state index contributed by atoms with van der Waals surface area (Å²) < 4.78 is 16.1. The van der Waals surface area contributed by atoms with Crippen LogP contribution in [-0.2, 0) is 4.74 Å². The highest BCUT2D eigenvalue weighted by Gasteiger charge is 2.42. The number of esters is 1. The van der Waals surface area contributed by atoms with Crippen molar-refractivity contribution in [3.05, 3.63) is 84.2 Å². The predicted octanol–water partition coefficient (Wildman–Crippen LogP) is 4.79. The van der Waals surface area contributed by atoms with Gasteiger partial charge in [0, 0.05) is 11.5 Å². The molecular formula is C21H24O5Si. The van der Waals surface area contributed by atoms with E-state index in [1.165, 1.54) is 25.1 Å². The molecule has 3 atom stereocenters. The van der Waals surface area contributed by atoms with E-state index in [9.17, 15) is 9.90 Å². The Labute approximate surface area is 159 Å². The average molecular weight is 385 g/mol. The SMILES string of the molecule is C[Si](C)(C)[C@H](OC(=O)c1ccoc1)[C@@H](c1ccccc1)[C@@H](O)c1ccoc1. The van der Waals surface area contributed by atoms with Gasteiger partial charge in [-0.25, -0.2) is 4.79 Å². The number of hydrogen-bond donors (Lipinski definition) is 1. The van der Waals surface area contributed by atoms with Gasteiger partial charge in [0.2, 0.25) is 0 Å². The average Bonchev–Trinajstić information content (AvgIpc) is 3.34. The molecule has 0 unspecified atom stereocenters. The highest BCUT2D eigenvalue weighted by molar-refractivity contribution is 6.77. The number of carbonyl (C=O) groups is 1. The largest absolute Gasteiger partial charge is 0.472 e. The van der Waals surface area contributed by atoms with Gasteiger partial charge in [0.25, 0.3) is 0 Å². The molecule has 0 spiro atoms. The summed E-state index contributed by atoms with van der Waals surface area (Å²) in [6.45, 7) is 6.37. The van der Waals surface area contributed by atoms with Crippen molar-refractivity contribution in [2.75, 3.05) is 0 Å². The Balaban J connectivity index is 2.01. The van der Waals surface area contributed by atoms with E-state index in [-0.39, 0.29) is 0 Å². The standard InChI is InChI=1S/C21H24O5Si/c1-27(2,3)21(26-20(23)17-10-12-25-14-17)18(15-7-5-4-6-8-15)19(22)16-9-11-24-13-16/h4-14,18-19,21-22H,1-3H3/t18-,19-,21-/m0/s1. The summed E-state index contributed by atoms with van der Waals surface area (Å²) >= 11 is 0. The first-order valence-corrected chi connectivity index (χ1v) is 12.4. The third-order valence-corrected chi connectivity index (χ3v) is 6.76. The molecule has 5 nitrogen and oxygen atoms in total. The van der Waals surface area contributed by atoms with Crippen LogP contribution in [-0.4, -0.2) is 24.9 Å². The first-order chi connectivity index (χ1) is 12.9. The number of hydrogen-bond acceptors (Lipinski definition) is 5. The second kappa shape index (κ2) is 7.98. The fraction of sp³-hybridized carbons (Fsp3) is 0.286. The maximum absolute atomic E-state index is 12.6. The summed E-state index contributed by atoms with van der Waals surface area (Å²) in [4.78, 5) is 12.6. The number of aliphatic hydroxyl groups is 1. The van der Waals surface area contributed by atoms with Crippen LogP contribution in [0.25, 0.3) is 0 Å². The van der Waals surface area contributed by atoms with E-state index >= 15 is 0 Å². The van der Waals surface area contributed by atoms with E-state index in [2.05, 4.69) is 19.6 Å². The lowest BCUT2D eigenvalue weighted by atomic mass is 9.90. The summed E-state index contributed by atoms with van der Waals surface area (Å²) in [7, 11) is -2.05. The highest BCUT2D eigenvalue weighted by Crippen LogP contribution is 2.39. The van der Waals surface area contributed by atoms with Crippen LogP contribution in [0.3, 0.4) is 0 Å². The van der Waals surface area contributed by atoms with Crippen LogP contribution >= 0.6 is 0 Å². The van der Waals surface area contributed by atoms with Crippen molar-refractivity contribution in [3.63, 3.8) is 0 Å². The van der Waals surface area contributed by atoms with E-state index in [4.69, 9.17) is 13.6 Å². The fourth-order valence-electron chi connectivity index (χ4n) is 3.20.